The molecule has 0 aliphatic carbocycles. The Hall–Kier alpha value is -2.34. The van der Waals surface area contributed by atoms with E-state index in [0.717, 1.165) is 43.5 Å². The molecule has 0 radical (unpaired) electrons. The molecule has 1 aliphatic rings. The van der Waals surface area contributed by atoms with E-state index in [1.54, 1.807) is 19.1 Å². The number of nitrogens with one attached hydrogen (secondary N) is 2. The van der Waals surface area contributed by atoms with Crippen LogP contribution in [0.2, 0.25) is 0 Å². The summed E-state index contributed by atoms with van der Waals surface area (Å²) in [5.41, 5.74) is 0.974. The van der Waals surface area contributed by atoms with Crippen LogP contribution in [0, 0.1) is 12.7 Å². The molecule has 1 fully saturated rings. The molecule has 2 N–H and O–H groups in total. The van der Waals surface area contributed by atoms with Crippen molar-refractivity contribution in [3.8, 4) is 0 Å². The SMILES string of the molecule is Cc1ccc(NC(=O)CCCNS(=O)(=O)c2ccc(F)cc2)cc1S(=O)(=O)N1CCCCC1. The lowest BCUT2D eigenvalue weighted by atomic mass is 10.2. The molecule has 11 heteroatoms. The quantitative estimate of drug-likeness (QED) is 0.517. The largest absolute Gasteiger partial charge is 0.326 e. The molecule has 1 heterocycles. The number of nitrogens with zero attached hydrogens (tertiary/aromatic N) is 1. The zero-order valence-electron chi connectivity index (χ0n) is 18.4. The Balaban J connectivity index is 1.55. The van der Waals surface area contributed by atoms with Crippen LogP contribution in [-0.4, -0.2) is 46.7 Å². The van der Waals surface area contributed by atoms with Crippen molar-refractivity contribution in [2.45, 2.75) is 48.8 Å². The van der Waals surface area contributed by atoms with Crippen LogP contribution in [0.15, 0.2) is 52.3 Å². The number of halogens is 1. The Morgan fingerprint density at radius 2 is 1.67 bits per heavy atom. The highest BCUT2D eigenvalue weighted by Gasteiger charge is 2.27. The Morgan fingerprint density at radius 3 is 2.33 bits per heavy atom. The molecule has 180 valence electrons. The lowest BCUT2D eigenvalue weighted by Gasteiger charge is -2.26. The average Bonchev–Trinajstić information content (AvgIpc) is 2.79. The molecule has 8 nitrogen and oxygen atoms in total. The minimum absolute atomic E-state index is 0.0234. The van der Waals surface area contributed by atoms with E-state index in [-0.39, 0.29) is 35.1 Å². The fourth-order valence-electron chi connectivity index (χ4n) is 3.58. The highest BCUT2D eigenvalue weighted by atomic mass is 32.2. The first-order valence-corrected chi connectivity index (χ1v) is 13.7. The molecule has 2 aromatic carbocycles. The minimum Gasteiger partial charge on any atom is -0.326 e. The summed E-state index contributed by atoms with van der Waals surface area (Å²) in [6.45, 7) is 2.73. The first-order chi connectivity index (χ1) is 15.6. The van der Waals surface area contributed by atoms with Crippen LogP contribution in [0.25, 0.3) is 0 Å². The van der Waals surface area contributed by atoms with E-state index in [2.05, 4.69) is 10.0 Å². The number of amides is 1. The zero-order chi connectivity index (χ0) is 24.1. The smallest absolute Gasteiger partial charge is 0.243 e. The number of anilines is 1. The molecule has 1 aliphatic heterocycles. The van der Waals surface area contributed by atoms with Crippen LogP contribution in [-0.2, 0) is 24.8 Å². The molecule has 0 bridgehead atoms. The molecule has 1 saturated heterocycles. The van der Waals surface area contributed by atoms with Crippen LogP contribution < -0.4 is 10.0 Å². The molecule has 0 unspecified atom stereocenters. The third kappa shape index (κ3) is 6.59. The van der Waals surface area contributed by atoms with Crippen molar-refractivity contribution in [3.63, 3.8) is 0 Å². The molecule has 0 atom stereocenters. The maximum absolute atomic E-state index is 13.0. The molecule has 2 aromatic rings. The Labute approximate surface area is 194 Å². The van der Waals surface area contributed by atoms with E-state index in [9.17, 15) is 26.0 Å². The van der Waals surface area contributed by atoms with E-state index >= 15 is 0 Å². The minimum atomic E-state index is -3.79. The van der Waals surface area contributed by atoms with Crippen LogP contribution in [0.1, 0.15) is 37.7 Å². The molecular formula is C22H28FN3O5S2. The molecule has 33 heavy (non-hydrogen) atoms. The van der Waals surface area contributed by atoms with Gasteiger partial charge in [-0.3, -0.25) is 4.79 Å². The first kappa shape index (κ1) is 25.3. The van der Waals surface area contributed by atoms with Gasteiger partial charge < -0.3 is 5.32 Å². The second-order valence-corrected chi connectivity index (χ2v) is 11.6. The lowest BCUT2D eigenvalue weighted by molar-refractivity contribution is -0.116. The van der Waals surface area contributed by atoms with Crippen LogP contribution in [0.3, 0.4) is 0 Å². The van der Waals surface area contributed by atoms with Gasteiger partial charge in [0.15, 0.2) is 0 Å². The Bertz CT molecular complexity index is 1190. The third-order valence-electron chi connectivity index (χ3n) is 5.40. The van der Waals surface area contributed by atoms with Gasteiger partial charge in [-0.15, -0.1) is 0 Å². The number of aryl methyl sites for hydroxylation is 1. The van der Waals surface area contributed by atoms with Crippen LogP contribution >= 0.6 is 0 Å². The van der Waals surface area contributed by atoms with Gasteiger partial charge in [-0.05, 0) is 68.1 Å². The maximum Gasteiger partial charge on any atom is 0.243 e. The number of carbonyl (C=O) groups is 1. The summed E-state index contributed by atoms with van der Waals surface area (Å²) in [5.74, 6) is -0.894. The molecule has 0 aromatic heterocycles. The second-order valence-electron chi connectivity index (χ2n) is 7.95. The number of hydrogen-bond donors (Lipinski definition) is 2. The summed E-state index contributed by atoms with van der Waals surface area (Å²) >= 11 is 0. The summed E-state index contributed by atoms with van der Waals surface area (Å²) in [5, 5.41) is 2.68. The highest BCUT2D eigenvalue weighted by Crippen LogP contribution is 2.26. The van der Waals surface area contributed by atoms with E-state index in [1.165, 1.54) is 10.4 Å². The molecule has 1 amide bonds. The zero-order valence-corrected chi connectivity index (χ0v) is 20.0. The molecule has 0 spiro atoms. The third-order valence-corrected chi connectivity index (χ3v) is 8.92. The number of sulfonamides is 2. The van der Waals surface area contributed by atoms with Gasteiger partial charge in [0.1, 0.15) is 5.82 Å². The van der Waals surface area contributed by atoms with E-state index < -0.39 is 25.9 Å². The fraction of sp³-hybridized carbons (Fsp3) is 0.409. The summed E-state index contributed by atoms with van der Waals surface area (Å²) in [7, 11) is -7.43. The fourth-order valence-corrected chi connectivity index (χ4v) is 6.42. The monoisotopic (exact) mass is 497 g/mol. The van der Waals surface area contributed by atoms with Crippen LogP contribution in [0.5, 0.6) is 0 Å². The number of carbonyl (C=O) groups excluding carboxylic acids is 1. The Morgan fingerprint density at radius 1 is 1.00 bits per heavy atom. The van der Waals surface area contributed by atoms with Gasteiger partial charge in [0.25, 0.3) is 0 Å². The predicted molar refractivity (Wildman–Crippen MR) is 123 cm³/mol. The van der Waals surface area contributed by atoms with Crippen LogP contribution in [0.4, 0.5) is 10.1 Å². The van der Waals surface area contributed by atoms with Gasteiger partial charge in [-0.1, -0.05) is 12.5 Å². The van der Waals surface area contributed by atoms with Gasteiger partial charge >= 0.3 is 0 Å². The first-order valence-electron chi connectivity index (χ1n) is 10.8. The van der Waals surface area contributed by atoms with Crippen molar-refractivity contribution < 1.29 is 26.0 Å². The standard InChI is InChI=1S/C22H28FN3O5S2/c1-17-7-10-19(16-21(17)33(30,31)26-14-3-2-4-15-26)25-22(27)6-5-13-24-32(28,29)20-11-8-18(23)9-12-20/h7-12,16,24H,2-6,13-15H2,1H3,(H,25,27). The van der Waals surface area contributed by atoms with Gasteiger partial charge in [0.2, 0.25) is 26.0 Å². The summed E-state index contributed by atoms with van der Waals surface area (Å²) < 4.78 is 67.2. The predicted octanol–water partition coefficient (Wildman–Crippen LogP) is 3.01. The normalized spacial score (nSPS) is 15.3. The average molecular weight is 498 g/mol. The van der Waals surface area contributed by atoms with Crippen molar-refractivity contribution in [2.24, 2.45) is 0 Å². The van der Waals surface area contributed by atoms with Crippen molar-refractivity contribution in [3.05, 3.63) is 53.8 Å². The van der Waals surface area contributed by atoms with Gasteiger partial charge in [-0.25, -0.2) is 25.9 Å². The lowest BCUT2D eigenvalue weighted by Crippen LogP contribution is -2.36. The summed E-state index contributed by atoms with van der Waals surface area (Å²) in [6.07, 6.45) is 2.95. The van der Waals surface area contributed by atoms with Crippen molar-refractivity contribution in [2.75, 3.05) is 25.0 Å². The summed E-state index contributed by atoms with van der Waals surface area (Å²) in [6, 6.07) is 9.21. The number of hydrogen-bond acceptors (Lipinski definition) is 5. The van der Waals surface area contributed by atoms with Gasteiger partial charge in [0, 0.05) is 31.7 Å². The number of benzene rings is 2. The maximum atomic E-state index is 13.0. The van der Waals surface area contributed by atoms with E-state index in [0.29, 0.717) is 24.3 Å². The summed E-state index contributed by atoms with van der Waals surface area (Å²) in [4.78, 5) is 12.4. The topological polar surface area (TPSA) is 113 Å². The molecule has 0 saturated carbocycles. The Kier molecular flexibility index (Phi) is 8.22. The van der Waals surface area contributed by atoms with Gasteiger partial charge in [0.05, 0.1) is 9.79 Å². The van der Waals surface area contributed by atoms with Gasteiger partial charge in [-0.2, -0.15) is 4.31 Å². The van der Waals surface area contributed by atoms with Crippen molar-refractivity contribution in [1.82, 2.24) is 9.03 Å². The van der Waals surface area contributed by atoms with Crippen molar-refractivity contribution in [1.29, 1.82) is 0 Å². The number of rotatable bonds is 9. The van der Waals surface area contributed by atoms with Crippen molar-refractivity contribution >= 4 is 31.6 Å². The number of piperidine rings is 1. The van der Waals surface area contributed by atoms with E-state index in [1.807, 2.05) is 0 Å². The highest BCUT2D eigenvalue weighted by molar-refractivity contribution is 7.89. The molecular weight excluding hydrogens is 469 g/mol. The molecule has 3 rings (SSSR count). The van der Waals surface area contributed by atoms with E-state index in [4.69, 9.17) is 0 Å². The second kappa shape index (κ2) is 10.7.